The van der Waals surface area contributed by atoms with Gasteiger partial charge < -0.3 is 0 Å². The van der Waals surface area contributed by atoms with Crippen molar-refractivity contribution in [3.05, 3.63) is 0 Å². The van der Waals surface area contributed by atoms with Gasteiger partial charge in [-0.05, 0) is 24.7 Å². The molecule has 0 aromatic rings. The molecular weight excluding hydrogens is 134 g/mol. The van der Waals surface area contributed by atoms with Gasteiger partial charge in [0, 0.05) is 12.8 Å². The Balaban J connectivity index is 0.000000405. The van der Waals surface area contributed by atoms with Gasteiger partial charge in [0.05, 0.1) is 0 Å². The molecule has 0 N–H and O–H groups in total. The molecular formula is C7H12ClN. The lowest BCUT2D eigenvalue weighted by atomic mass is 10.0. The van der Waals surface area contributed by atoms with Crippen LogP contribution in [0.5, 0.6) is 0 Å². The van der Waals surface area contributed by atoms with E-state index in [1.165, 1.54) is 19.3 Å². The van der Waals surface area contributed by atoms with Gasteiger partial charge in [-0.1, -0.05) is 6.42 Å². The molecule has 0 amide bonds. The summed E-state index contributed by atoms with van der Waals surface area (Å²) in [6.07, 6.45) is 6.46. The van der Waals surface area contributed by atoms with Crippen LogP contribution < -0.4 is 0 Å². The predicted molar refractivity (Wildman–Crippen MR) is 41.4 cm³/mol. The average molecular weight is 146 g/mol. The monoisotopic (exact) mass is 145 g/mol. The van der Waals surface area contributed by atoms with Crippen LogP contribution in [0.1, 0.15) is 19.3 Å². The maximum Gasteiger partial charge on any atom is 0.0419 e. The Morgan fingerprint density at radius 3 is 3.00 bits per heavy atom. The van der Waals surface area contributed by atoms with E-state index in [9.17, 15) is 0 Å². The molecule has 52 valence electrons. The van der Waals surface area contributed by atoms with Crippen LogP contribution in [0.4, 0.5) is 0 Å². The van der Waals surface area contributed by atoms with E-state index in [1.54, 1.807) is 0 Å². The van der Waals surface area contributed by atoms with E-state index in [-0.39, 0.29) is 12.4 Å². The van der Waals surface area contributed by atoms with Crippen molar-refractivity contribution in [2.75, 3.05) is 6.54 Å². The van der Waals surface area contributed by atoms with Crippen LogP contribution >= 0.6 is 12.4 Å². The summed E-state index contributed by atoms with van der Waals surface area (Å²) in [7, 11) is 0. The highest BCUT2D eigenvalue weighted by Gasteiger charge is 2.28. The first-order chi connectivity index (χ1) is 3.97. The third kappa shape index (κ3) is 1.11. The highest BCUT2D eigenvalue weighted by molar-refractivity contribution is 5.85. The van der Waals surface area contributed by atoms with Gasteiger partial charge in [0.15, 0.2) is 0 Å². The SMILES string of the molecule is C1=NCC2CCCC12.Cl. The fourth-order valence-electron chi connectivity index (χ4n) is 1.82. The van der Waals surface area contributed by atoms with Gasteiger partial charge in [-0.25, -0.2) is 0 Å². The van der Waals surface area contributed by atoms with Crippen molar-refractivity contribution in [2.45, 2.75) is 19.3 Å². The van der Waals surface area contributed by atoms with Crippen LogP contribution in [0.2, 0.25) is 0 Å². The molecule has 0 aromatic carbocycles. The third-order valence-corrected chi connectivity index (χ3v) is 2.35. The molecule has 1 nitrogen and oxygen atoms in total. The Kier molecular flexibility index (Phi) is 2.12. The molecule has 1 aliphatic carbocycles. The highest BCUT2D eigenvalue weighted by atomic mass is 35.5. The van der Waals surface area contributed by atoms with Crippen molar-refractivity contribution in [2.24, 2.45) is 16.8 Å². The summed E-state index contributed by atoms with van der Waals surface area (Å²) in [6, 6.07) is 0. The second-order valence-corrected chi connectivity index (χ2v) is 2.87. The van der Waals surface area contributed by atoms with E-state index < -0.39 is 0 Å². The van der Waals surface area contributed by atoms with Crippen molar-refractivity contribution < 1.29 is 0 Å². The summed E-state index contributed by atoms with van der Waals surface area (Å²) in [5, 5.41) is 0. The Bertz CT molecular complexity index is 122. The molecule has 2 atom stereocenters. The first-order valence-corrected chi connectivity index (χ1v) is 3.47. The van der Waals surface area contributed by atoms with Gasteiger partial charge in [-0.15, -0.1) is 12.4 Å². The van der Waals surface area contributed by atoms with Crippen molar-refractivity contribution in [3.8, 4) is 0 Å². The fourth-order valence-corrected chi connectivity index (χ4v) is 1.82. The van der Waals surface area contributed by atoms with Crippen LogP contribution in [-0.4, -0.2) is 12.8 Å². The minimum absolute atomic E-state index is 0. The molecule has 1 heterocycles. The third-order valence-electron chi connectivity index (χ3n) is 2.35. The summed E-state index contributed by atoms with van der Waals surface area (Å²) in [5.74, 6) is 1.84. The first-order valence-electron chi connectivity index (χ1n) is 3.47. The number of fused-ring (bicyclic) bond motifs is 1. The molecule has 2 unspecified atom stereocenters. The zero-order valence-electron chi connectivity index (χ0n) is 5.42. The lowest BCUT2D eigenvalue weighted by Gasteiger charge is -2.02. The summed E-state index contributed by atoms with van der Waals surface area (Å²) in [4.78, 5) is 4.24. The number of nitrogens with zero attached hydrogens (tertiary/aromatic N) is 1. The normalized spacial score (nSPS) is 38.2. The molecule has 1 aliphatic heterocycles. The number of hydrogen-bond acceptors (Lipinski definition) is 1. The number of halogens is 1. The van der Waals surface area contributed by atoms with Gasteiger partial charge in [-0.2, -0.15) is 0 Å². The van der Waals surface area contributed by atoms with Crippen molar-refractivity contribution in [1.29, 1.82) is 0 Å². The molecule has 0 aromatic heterocycles. The van der Waals surface area contributed by atoms with Crippen LogP contribution in [0.3, 0.4) is 0 Å². The second-order valence-electron chi connectivity index (χ2n) is 2.87. The lowest BCUT2D eigenvalue weighted by molar-refractivity contribution is 0.534. The average Bonchev–Trinajstić information content (AvgIpc) is 2.15. The van der Waals surface area contributed by atoms with Crippen LogP contribution in [0.15, 0.2) is 4.99 Å². The maximum atomic E-state index is 4.24. The number of rotatable bonds is 0. The van der Waals surface area contributed by atoms with Crippen molar-refractivity contribution >= 4 is 18.6 Å². The first kappa shape index (κ1) is 7.07. The zero-order chi connectivity index (χ0) is 5.40. The molecule has 0 radical (unpaired) electrons. The van der Waals surface area contributed by atoms with E-state index in [4.69, 9.17) is 0 Å². The molecule has 0 spiro atoms. The Hall–Kier alpha value is -0.0400. The minimum atomic E-state index is 0. The number of hydrogen-bond donors (Lipinski definition) is 0. The standard InChI is InChI=1S/C7H11N.ClH/c1-2-6-4-8-5-7(6)3-1;/h4,6-7H,1-3,5H2;1H. The smallest absolute Gasteiger partial charge is 0.0419 e. The summed E-state index contributed by atoms with van der Waals surface area (Å²) in [6.45, 7) is 1.13. The molecule has 1 saturated carbocycles. The maximum absolute atomic E-state index is 4.24. The fraction of sp³-hybridized carbons (Fsp3) is 0.857. The van der Waals surface area contributed by atoms with Crippen molar-refractivity contribution in [1.82, 2.24) is 0 Å². The van der Waals surface area contributed by atoms with Crippen LogP contribution in [0.25, 0.3) is 0 Å². The van der Waals surface area contributed by atoms with Gasteiger partial charge in [0.1, 0.15) is 0 Å². The van der Waals surface area contributed by atoms with Crippen LogP contribution in [-0.2, 0) is 0 Å². The Morgan fingerprint density at radius 2 is 2.22 bits per heavy atom. The van der Waals surface area contributed by atoms with Gasteiger partial charge in [-0.3, -0.25) is 4.99 Å². The van der Waals surface area contributed by atoms with E-state index in [1.807, 2.05) is 0 Å². The molecule has 0 bridgehead atoms. The lowest BCUT2D eigenvalue weighted by Crippen LogP contribution is -2.03. The predicted octanol–water partition coefficient (Wildman–Crippen LogP) is 1.91. The van der Waals surface area contributed by atoms with Gasteiger partial charge >= 0.3 is 0 Å². The molecule has 9 heavy (non-hydrogen) atoms. The van der Waals surface area contributed by atoms with Gasteiger partial charge in [0.2, 0.25) is 0 Å². The topological polar surface area (TPSA) is 12.4 Å². The van der Waals surface area contributed by atoms with Crippen molar-refractivity contribution in [3.63, 3.8) is 0 Å². The van der Waals surface area contributed by atoms with E-state index in [2.05, 4.69) is 11.2 Å². The van der Waals surface area contributed by atoms with Crippen LogP contribution in [0, 0.1) is 11.8 Å². The molecule has 0 saturated heterocycles. The minimum Gasteiger partial charge on any atom is -0.297 e. The quantitative estimate of drug-likeness (QED) is 0.494. The Labute approximate surface area is 62.0 Å². The largest absolute Gasteiger partial charge is 0.297 e. The number of aliphatic imine (C=N–C) groups is 1. The van der Waals surface area contributed by atoms with E-state index in [0.717, 1.165) is 18.4 Å². The zero-order valence-corrected chi connectivity index (χ0v) is 6.23. The molecule has 2 heteroatoms. The second kappa shape index (κ2) is 2.70. The summed E-state index contributed by atoms with van der Waals surface area (Å²) >= 11 is 0. The van der Waals surface area contributed by atoms with E-state index >= 15 is 0 Å². The van der Waals surface area contributed by atoms with E-state index in [0.29, 0.717) is 0 Å². The Morgan fingerprint density at radius 1 is 1.33 bits per heavy atom. The van der Waals surface area contributed by atoms with Gasteiger partial charge in [0.25, 0.3) is 0 Å². The molecule has 2 aliphatic rings. The molecule has 1 fully saturated rings. The summed E-state index contributed by atoms with van der Waals surface area (Å²) < 4.78 is 0. The molecule has 2 rings (SSSR count). The highest BCUT2D eigenvalue weighted by Crippen LogP contribution is 2.33. The summed E-state index contributed by atoms with van der Waals surface area (Å²) in [5.41, 5.74) is 0.